The van der Waals surface area contributed by atoms with Crippen molar-refractivity contribution in [3.8, 4) is 0 Å². The van der Waals surface area contributed by atoms with Gasteiger partial charge in [0.05, 0.1) is 0 Å². The molecule has 0 spiro atoms. The van der Waals surface area contributed by atoms with Gasteiger partial charge in [0.2, 0.25) is 0 Å². The zero-order chi connectivity index (χ0) is 10.6. The topological polar surface area (TPSA) is 38.0 Å². The van der Waals surface area contributed by atoms with E-state index in [0.717, 1.165) is 6.42 Å². The lowest BCUT2D eigenvalue weighted by Gasteiger charge is -2.19. The zero-order valence-electron chi connectivity index (χ0n) is 8.88. The highest BCUT2D eigenvalue weighted by atomic mass is 15.2. The van der Waals surface area contributed by atoms with Gasteiger partial charge >= 0.3 is 0 Å². The molecule has 0 saturated heterocycles. The number of nitrogens with two attached hydrogens (primary N) is 1. The van der Waals surface area contributed by atoms with Crippen LogP contribution in [-0.2, 0) is 0 Å². The van der Waals surface area contributed by atoms with Crippen LogP contribution in [0, 0.1) is 13.8 Å². The van der Waals surface area contributed by atoms with Crippen LogP contribution in [0.15, 0.2) is 30.9 Å². The van der Waals surface area contributed by atoms with Crippen molar-refractivity contribution >= 4 is 0 Å². The van der Waals surface area contributed by atoms with Gasteiger partial charge in [-0.15, -0.1) is 6.58 Å². The lowest BCUT2D eigenvalue weighted by Crippen LogP contribution is -2.28. The summed E-state index contributed by atoms with van der Waals surface area (Å²) in [4.78, 5) is 0. The second kappa shape index (κ2) is 4.94. The van der Waals surface area contributed by atoms with E-state index in [4.69, 9.17) is 5.84 Å². The molecule has 2 nitrogen and oxygen atoms in total. The molecule has 1 aromatic carbocycles. The highest BCUT2D eigenvalue weighted by Crippen LogP contribution is 2.23. The molecule has 0 aliphatic heterocycles. The Bertz CT molecular complexity index is 298. The predicted molar refractivity (Wildman–Crippen MR) is 60.8 cm³/mol. The normalized spacial score (nSPS) is 12.5. The highest BCUT2D eigenvalue weighted by Gasteiger charge is 2.12. The van der Waals surface area contributed by atoms with E-state index in [2.05, 4.69) is 44.1 Å². The molecule has 0 bridgehead atoms. The van der Waals surface area contributed by atoms with Crippen molar-refractivity contribution < 1.29 is 0 Å². The van der Waals surface area contributed by atoms with Gasteiger partial charge in [0.25, 0.3) is 0 Å². The molecule has 0 heterocycles. The largest absolute Gasteiger partial charge is 0.271 e. The maximum atomic E-state index is 5.53. The number of benzene rings is 1. The monoisotopic (exact) mass is 190 g/mol. The van der Waals surface area contributed by atoms with Crippen molar-refractivity contribution in [3.05, 3.63) is 47.5 Å². The lowest BCUT2D eigenvalue weighted by atomic mass is 9.94. The van der Waals surface area contributed by atoms with Crippen LogP contribution in [0.25, 0.3) is 0 Å². The predicted octanol–water partition coefficient (Wildman–Crippen LogP) is 2.38. The van der Waals surface area contributed by atoms with Crippen LogP contribution in [0.5, 0.6) is 0 Å². The molecule has 0 aliphatic carbocycles. The first-order chi connectivity index (χ1) is 6.70. The second-order valence-electron chi connectivity index (χ2n) is 3.55. The van der Waals surface area contributed by atoms with Gasteiger partial charge in [-0.3, -0.25) is 11.3 Å². The number of hydrogen-bond donors (Lipinski definition) is 2. The molecule has 76 valence electrons. The van der Waals surface area contributed by atoms with E-state index in [-0.39, 0.29) is 6.04 Å². The molecule has 0 saturated carbocycles. The summed E-state index contributed by atoms with van der Waals surface area (Å²) < 4.78 is 0. The van der Waals surface area contributed by atoms with Gasteiger partial charge in [-0.1, -0.05) is 24.3 Å². The summed E-state index contributed by atoms with van der Waals surface area (Å²) >= 11 is 0. The summed E-state index contributed by atoms with van der Waals surface area (Å²) in [5.74, 6) is 5.53. The fourth-order valence-corrected chi connectivity index (χ4v) is 1.81. The molecule has 0 radical (unpaired) electrons. The van der Waals surface area contributed by atoms with Crippen molar-refractivity contribution in [1.82, 2.24) is 5.43 Å². The third-order valence-electron chi connectivity index (χ3n) is 2.49. The first kappa shape index (κ1) is 11.0. The fourth-order valence-electron chi connectivity index (χ4n) is 1.81. The van der Waals surface area contributed by atoms with Crippen LogP contribution in [0.1, 0.15) is 29.2 Å². The van der Waals surface area contributed by atoms with E-state index in [9.17, 15) is 0 Å². The third kappa shape index (κ3) is 2.22. The minimum atomic E-state index is 0.175. The first-order valence-electron chi connectivity index (χ1n) is 4.83. The van der Waals surface area contributed by atoms with Gasteiger partial charge in [-0.2, -0.15) is 0 Å². The van der Waals surface area contributed by atoms with Crippen LogP contribution in [0.3, 0.4) is 0 Å². The lowest BCUT2D eigenvalue weighted by molar-refractivity contribution is 0.556. The summed E-state index contributed by atoms with van der Waals surface area (Å²) in [6.45, 7) is 7.95. The fraction of sp³-hybridized carbons (Fsp3) is 0.333. The molecular formula is C12H18N2. The molecule has 0 fully saturated rings. The van der Waals surface area contributed by atoms with Gasteiger partial charge in [0.1, 0.15) is 0 Å². The number of aryl methyl sites for hydroxylation is 2. The summed E-state index contributed by atoms with van der Waals surface area (Å²) in [5, 5.41) is 0. The van der Waals surface area contributed by atoms with Gasteiger partial charge in [0.15, 0.2) is 0 Å². The van der Waals surface area contributed by atoms with Crippen LogP contribution < -0.4 is 11.3 Å². The van der Waals surface area contributed by atoms with Crippen molar-refractivity contribution in [2.75, 3.05) is 0 Å². The molecule has 2 heteroatoms. The van der Waals surface area contributed by atoms with Crippen LogP contribution in [0.4, 0.5) is 0 Å². The van der Waals surface area contributed by atoms with Gasteiger partial charge in [-0.05, 0) is 37.0 Å². The molecule has 1 aromatic rings. The zero-order valence-corrected chi connectivity index (χ0v) is 8.88. The summed E-state index contributed by atoms with van der Waals surface area (Å²) in [6, 6.07) is 6.45. The molecular weight excluding hydrogens is 172 g/mol. The summed E-state index contributed by atoms with van der Waals surface area (Å²) in [6.07, 6.45) is 2.73. The van der Waals surface area contributed by atoms with E-state index in [1.54, 1.807) is 0 Å². The van der Waals surface area contributed by atoms with Crippen molar-refractivity contribution in [3.63, 3.8) is 0 Å². The van der Waals surface area contributed by atoms with Crippen LogP contribution in [0.2, 0.25) is 0 Å². The molecule has 1 atom stereocenters. The quantitative estimate of drug-likeness (QED) is 0.434. The van der Waals surface area contributed by atoms with Crippen molar-refractivity contribution in [2.45, 2.75) is 26.3 Å². The second-order valence-corrected chi connectivity index (χ2v) is 3.55. The Kier molecular flexibility index (Phi) is 3.86. The SMILES string of the molecule is C=CCC(NN)c1c(C)cccc1C. The Morgan fingerprint density at radius 3 is 2.43 bits per heavy atom. The maximum absolute atomic E-state index is 5.53. The Labute approximate surface area is 85.8 Å². The molecule has 0 aromatic heterocycles. The third-order valence-corrected chi connectivity index (χ3v) is 2.49. The Hall–Kier alpha value is -1.12. The highest BCUT2D eigenvalue weighted by molar-refractivity contribution is 5.36. The van der Waals surface area contributed by atoms with Crippen LogP contribution in [-0.4, -0.2) is 0 Å². The molecule has 1 rings (SSSR count). The standard InChI is InChI=1S/C12H18N2/c1-4-6-11(14-13)12-9(2)7-5-8-10(12)3/h4-5,7-8,11,14H,1,6,13H2,2-3H3. The average molecular weight is 190 g/mol. The minimum absolute atomic E-state index is 0.175. The van der Waals surface area contributed by atoms with E-state index in [0.29, 0.717) is 0 Å². The first-order valence-corrected chi connectivity index (χ1v) is 4.83. The summed E-state index contributed by atoms with van der Waals surface area (Å²) in [7, 11) is 0. The van der Waals surface area contributed by atoms with Gasteiger partial charge in [-0.25, -0.2) is 0 Å². The van der Waals surface area contributed by atoms with E-state index in [1.165, 1.54) is 16.7 Å². The summed E-state index contributed by atoms with van der Waals surface area (Å²) in [5.41, 5.74) is 6.66. The molecule has 0 aliphatic rings. The van der Waals surface area contributed by atoms with E-state index >= 15 is 0 Å². The average Bonchev–Trinajstić information content (AvgIpc) is 2.16. The number of nitrogens with one attached hydrogen (secondary N) is 1. The number of rotatable bonds is 4. The van der Waals surface area contributed by atoms with Crippen molar-refractivity contribution in [2.24, 2.45) is 5.84 Å². The van der Waals surface area contributed by atoms with E-state index in [1.807, 2.05) is 6.08 Å². The van der Waals surface area contributed by atoms with E-state index < -0.39 is 0 Å². The maximum Gasteiger partial charge on any atom is 0.0499 e. The van der Waals surface area contributed by atoms with Crippen molar-refractivity contribution in [1.29, 1.82) is 0 Å². The molecule has 14 heavy (non-hydrogen) atoms. The van der Waals surface area contributed by atoms with Gasteiger partial charge in [0, 0.05) is 6.04 Å². The number of hydrogen-bond acceptors (Lipinski definition) is 2. The number of hydrazine groups is 1. The Morgan fingerprint density at radius 2 is 2.00 bits per heavy atom. The van der Waals surface area contributed by atoms with Crippen LogP contribution >= 0.6 is 0 Å². The molecule has 1 unspecified atom stereocenters. The molecule has 0 amide bonds. The molecule has 3 N–H and O–H groups in total. The Morgan fingerprint density at radius 1 is 1.43 bits per heavy atom. The minimum Gasteiger partial charge on any atom is -0.271 e. The smallest absolute Gasteiger partial charge is 0.0499 e. The Balaban J connectivity index is 3.07. The van der Waals surface area contributed by atoms with Gasteiger partial charge < -0.3 is 0 Å².